The molecule has 2 aliphatic carbocycles. The van der Waals surface area contributed by atoms with Crippen LogP contribution in [-0.2, 0) is 24.2 Å². The van der Waals surface area contributed by atoms with Gasteiger partial charge < -0.3 is 14.8 Å². The standard InChI is InChI=1S/C33H40N2O3/c1-2-37-33(36)31-20-19-28-29(12-8-13-30(28)35-31)34-22-21-27-11-6-7-14-32(27)38-23-24-15-17-26(18-16-24)25-9-4-3-5-10-25/h6-7,11,14-20,25,29,34H,2-5,8-10,12-13,21-23H2,1H3. The fourth-order valence-electron chi connectivity index (χ4n) is 5.90. The van der Waals surface area contributed by atoms with Crippen molar-refractivity contribution in [1.82, 2.24) is 10.3 Å². The maximum Gasteiger partial charge on any atom is 0.356 e. The van der Waals surface area contributed by atoms with E-state index in [0.29, 0.717) is 18.9 Å². The smallest absolute Gasteiger partial charge is 0.356 e. The first-order valence-corrected chi connectivity index (χ1v) is 14.4. The third-order valence-corrected chi connectivity index (χ3v) is 7.98. The van der Waals surface area contributed by atoms with E-state index in [1.54, 1.807) is 6.07 Å². The number of hydrogen-bond donors (Lipinski definition) is 1. The maximum atomic E-state index is 12.1. The lowest BCUT2D eigenvalue weighted by Crippen LogP contribution is -2.28. The first kappa shape index (κ1) is 26.4. The average Bonchev–Trinajstić information content (AvgIpc) is 2.97. The van der Waals surface area contributed by atoms with Gasteiger partial charge in [0.1, 0.15) is 18.1 Å². The molecular weight excluding hydrogens is 472 g/mol. The number of nitrogens with one attached hydrogen (secondary N) is 1. The van der Waals surface area contributed by atoms with Crippen LogP contribution in [0, 0.1) is 0 Å². The van der Waals surface area contributed by atoms with E-state index in [1.165, 1.54) is 54.4 Å². The van der Waals surface area contributed by atoms with Crippen LogP contribution in [0.4, 0.5) is 0 Å². The van der Waals surface area contributed by atoms with Crippen molar-refractivity contribution >= 4 is 5.97 Å². The second kappa shape index (κ2) is 13.1. The van der Waals surface area contributed by atoms with E-state index in [0.717, 1.165) is 49.6 Å². The zero-order valence-electron chi connectivity index (χ0n) is 22.6. The topological polar surface area (TPSA) is 60.5 Å². The first-order chi connectivity index (χ1) is 18.7. The van der Waals surface area contributed by atoms with Gasteiger partial charge in [0, 0.05) is 11.7 Å². The highest BCUT2D eigenvalue weighted by Crippen LogP contribution is 2.33. The van der Waals surface area contributed by atoms with Crippen molar-refractivity contribution in [3.63, 3.8) is 0 Å². The lowest BCUT2D eigenvalue weighted by molar-refractivity contribution is 0.0519. The Morgan fingerprint density at radius 2 is 1.76 bits per heavy atom. The summed E-state index contributed by atoms with van der Waals surface area (Å²) in [6.07, 6.45) is 10.7. The molecule has 1 unspecified atom stereocenters. The normalized spacial score (nSPS) is 17.6. The number of carbonyl (C=O) groups excluding carboxylic acids is 1. The number of rotatable bonds is 10. The van der Waals surface area contributed by atoms with Gasteiger partial charge in [-0.3, -0.25) is 0 Å². The summed E-state index contributed by atoms with van der Waals surface area (Å²) in [6, 6.07) is 21.5. The number of aromatic nitrogens is 1. The number of aryl methyl sites for hydroxylation is 1. The molecule has 0 bridgehead atoms. The van der Waals surface area contributed by atoms with Crippen LogP contribution >= 0.6 is 0 Å². The molecule has 5 heteroatoms. The van der Waals surface area contributed by atoms with E-state index >= 15 is 0 Å². The van der Waals surface area contributed by atoms with Gasteiger partial charge in [0.15, 0.2) is 0 Å². The summed E-state index contributed by atoms with van der Waals surface area (Å²) in [5.41, 5.74) is 6.53. The lowest BCUT2D eigenvalue weighted by Gasteiger charge is -2.26. The molecule has 0 aliphatic heterocycles. The predicted molar refractivity (Wildman–Crippen MR) is 151 cm³/mol. The van der Waals surface area contributed by atoms with E-state index in [1.807, 2.05) is 19.1 Å². The summed E-state index contributed by atoms with van der Waals surface area (Å²) in [5.74, 6) is 1.34. The van der Waals surface area contributed by atoms with Gasteiger partial charge in [-0.15, -0.1) is 0 Å². The summed E-state index contributed by atoms with van der Waals surface area (Å²) in [4.78, 5) is 16.7. The predicted octanol–water partition coefficient (Wildman–Crippen LogP) is 7.09. The van der Waals surface area contributed by atoms with Gasteiger partial charge in [0.2, 0.25) is 0 Å². The molecule has 0 amide bonds. The second-order valence-electron chi connectivity index (χ2n) is 10.6. The summed E-state index contributed by atoms with van der Waals surface area (Å²) >= 11 is 0. The van der Waals surface area contributed by atoms with Crippen molar-refractivity contribution in [1.29, 1.82) is 0 Å². The van der Waals surface area contributed by atoms with Crippen molar-refractivity contribution in [2.45, 2.75) is 83.3 Å². The number of pyridine rings is 1. The maximum absolute atomic E-state index is 12.1. The highest BCUT2D eigenvalue weighted by atomic mass is 16.5. The van der Waals surface area contributed by atoms with Gasteiger partial charge in [-0.05, 0) is 92.3 Å². The van der Waals surface area contributed by atoms with E-state index in [9.17, 15) is 4.79 Å². The van der Waals surface area contributed by atoms with Gasteiger partial charge in [-0.2, -0.15) is 0 Å². The average molecular weight is 513 g/mol. The molecule has 1 atom stereocenters. The van der Waals surface area contributed by atoms with Crippen LogP contribution in [0.3, 0.4) is 0 Å². The molecule has 5 nitrogen and oxygen atoms in total. The summed E-state index contributed by atoms with van der Waals surface area (Å²) in [6.45, 7) is 3.61. The van der Waals surface area contributed by atoms with Crippen molar-refractivity contribution < 1.29 is 14.3 Å². The molecule has 1 saturated carbocycles. The molecular formula is C33H40N2O3. The number of nitrogens with zero attached hydrogens (tertiary/aromatic N) is 1. The minimum absolute atomic E-state index is 0.248. The fraction of sp³-hybridized carbons (Fsp3) is 0.455. The Morgan fingerprint density at radius 1 is 0.947 bits per heavy atom. The molecule has 5 rings (SSSR count). The Balaban J connectivity index is 1.15. The third kappa shape index (κ3) is 6.63. The number of esters is 1. The first-order valence-electron chi connectivity index (χ1n) is 14.4. The van der Waals surface area contributed by atoms with Crippen LogP contribution in [0.1, 0.15) is 102 Å². The molecule has 0 saturated heterocycles. The molecule has 0 spiro atoms. The Labute approximate surface area is 227 Å². The molecule has 1 N–H and O–H groups in total. The number of para-hydroxylation sites is 1. The van der Waals surface area contributed by atoms with Gasteiger partial charge in [-0.1, -0.05) is 67.8 Å². The number of fused-ring (bicyclic) bond motifs is 1. The summed E-state index contributed by atoms with van der Waals surface area (Å²) < 4.78 is 11.4. The van der Waals surface area contributed by atoms with Crippen LogP contribution < -0.4 is 10.1 Å². The van der Waals surface area contributed by atoms with E-state index in [-0.39, 0.29) is 12.0 Å². The number of ether oxygens (including phenoxy) is 2. The van der Waals surface area contributed by atoms with Crippen LogP contribution in [0.2, 0.25) is 0 Å². The molecule has 1 fully saturated rings. The van der Waals surface area contributed by atoms with Crippen LogP contribution in [0.15, 0.2) is 60.7 Å². The monoisotopic (exact) mass is 512 g/mol. The van der Waals surface area contributed by atoms with Crippen molar-refractivity contribution in [2.24, 2.45) is 0 Å². The van der Waals surface area contributed by atoms with E-state index < -0.39 is 0 Å². The Kier molecular flexibility index (Phi) is 9.08. The van der Waals surface area contributed by atoms with Crippen molar-refractivity contribution in [3.05, 3.63) is 94.3 Å². The van der Waals surface area contributed by atoms with Crippen LogP contribution in [-0.4, -0.2) is 24.1 Å². The molecule has 1 heterocycles. The zero-order valence-corrected chi connectivity index (χ0v) is 22.6. The number of benzene rings is 2. The molecule has 3 aromatic rings. The Hall–Kier alpha value is -3.18. The highest BCUT2D eigenvalue weighted by Gasteiger charge is 2.23. The van der Waals surface area contributed by atoms with Gasteiger partial charge >= 0.3 is 5.97 Å². The third-order valence-electron chi connectivity index (χ3n) is 7.98. The summed E-state index contributed by atoms with van der Waals surface area (Å²) in [5, 5.41) is 3.73. The Bertz CT molecular complexity index is 1200. The SMILES string of the molecule is CCOC(=O)c1ccc2c(n1)CCCC2NCCc1ccccc1OCc1ccc(C2CCCCC2)cc1. The quantitative estimate of drug-likeness (QED) is 0.294. The minimum Gasteiger partial charge on any atom is -0.489 e. The van der Waals surface area contributed by atoms with Gasteiger partial charge in [-0.25, -0.2) is 9.78 Å². The van der Waals surface area contributed by atoms with Gasteiger partial charge in [0.25, 0.3) is 0 Å². The largest absolute Gasteiger partial charge is 0.489 e. The number of carbonyl (C=O) groups is 1. The van der Waals surface area contributed by atoms with Gasteiger partial charge in [0.05, 0.1) is 6.61 Å². The van der Waals surface area contributed by atoms with E-state index in [4.69, 9.17) is 9.47 Å². The zero-order chi connectivity index (χ0) is 26.2. The summed E-state index contributed by atoms with van der Waals surface area (Å²) in [7, 11) is 0. The highest BCUT2D eigenvalue weighted by molar-refractivity contribution is 5.87. The minimum atomic E-state index is -0.345. The van der Waals surface area contributed by atoms with E-state index in [2.05, 4.69) is 52.8 Å². The number of hydrogen-bond acceptors (Lipinski definition) is 5. The fourth-order valence-corrected chi connectivity index (χ4v) is 5.90. The molecule has 2 aromatic carbocycles. The molecule has 38 heavy (non-hydrogen) atoms. The van der Waals surface area contributed by atoms with Crippen LogP contribution in [0.25, 0.3) is 0 Å². The lowest BCUT2D eigenvalue weighted by atomic mass is 9.84. The molecule has 2 aliphatic rings. The molecule has 200 valence electrons. The Morgan fingerprint density at radius 3 is 2.58 bits per heavy atom. The molecule has 0 radical (unpaired) electrons. The van der Waals surface area contributed by atoms with Crippen molar-refractivity contribution in [2.75, 3.05) is 13.2 Å². The van der Waals surface area contributed by atoms with Crippen molar-refractivity contribution in [3.8, 4) is 5.75 Å². The molecule has 1 aromatic heterocycles. The van der Waals surface area contributed by atoms with Crippen LogP contribution in [0.5, 0.6) is 5.75 Å². The second-order valence-corrected chi connectivity index (χ2v) is 10.6.